The first-order valence-electron chi connectivity index (χ1n) is 5.64. The zero-order chi connectivity index (χ0) is 12.1. The molecule has 0 bridgehead atoms. The first-order chi connectivity index (χ1) is 7.64. The zero-order valence-electron chi connectivity index (χ0n) is 9.85. The summed E-state index contributed by atoms with van der Waals surface area (Å²) in [6, 6.07) is 0. The molecule has 16 heavy (non-hydrogen) atoms. The van der Waals surface area contributed by atoms with Crippen LogP contribution in [0.1, 0.15) is 33.1 Å². The summed E-state index contributed by atoms with van der Waals surface area (Å²) in [5.41, 5.74) is 0. The van der Waals surface area contributed by atoms with Gasteiger partial charge in [0.15, 0.2) is 0 Å². The van der Waals surface area contributed by atoms with Crippen molar-refractivity contribution in [3.63, 3.8) is 0 Å². The summed E-state index contributed by atoms with van der Waals surface area (Å²) >= 11 is 0. The third kappa shape index (κ3) is 2.45. The van der Waals surface area contributed by atoms with Crippen LogP contribution in [0.5, 0.6) is 0 Å². The number of hydrogen-bond donors (Lipinski definition) is 0. The summed E-state index contributed by atoms with van der Waals surface area (Å²) in [7, 11) is -3.35. The van der Waals surface area contributed by atoms with Gasteiger partial charge in [0, 0.05) is 0 Å². The van der Waals surface area contributed by atoms with Gasteiger partial charge < -0.3 is 13.8 Å². The molecule has 1 aliphatic carbocycles. The molecule has 92 valence electrons. The highest BCUT2D eigenvalue weighted by Crippen LogP contribution is 2.63. The van der Waals surface area contributed by atoms with E-state index in [2.05, 4.69) is 0 Å². The minimum atomic E-state index is -3.35. The Hall–Kier alpha value is -0.440. The second-order valence-corrected chi connectivity index (χ2v) is 6.17. The standard InChI is InChI=1S/C11H19O4P/c1-3-14-16(13,15-4-2)11(10-12)8-6-5-7-9-11/h5-6,10H,3-4,7-9H2,1-2H3. The van der Waals surface area contributed by atoms with Gasteiger partial charge in [-0.25, -0.2) is 0 Å². The third-order valence-corrected chi connectivity index (χ3v) is 5.54. The predicted molar refractivity (Wildman–Crippen MR) is 62.6 cm³/mol. The molecule has 0 aromatic heterocycles. The molecule has 0 saturated heterocycles. The van der Waals surface area contributed by atoms with E-state index in [9.17, 15) is 9.36 Å². The molecule has 0 aliphatic heterocycles. The van der Waals surface area contributed by atoms with Crippen molar-refractivity contribution in [2.24, 2.45) is 0 Å². The van der Waals surface area contributed by atoms with Gasteiger partial charge in [0.25, 0.3) is 0 Å². The molecule has 0 radical (unpaired) electrons. The van der Waals surface area contributed by atoms with Crippen LogP contribution in [-0.4, -0.2) is 24.7 Å². The highest BCUT2D eigenvalue weighted by atomic mass is 31.2. The molecular formula is C11H19O4P. The van der Waals surface area contributed by atoms with Crippen LogP contribution >= 0.6 is 7.60 Å². The highest BCUT2D eigenvalue weighted by molar-refractivity contribution is 7.56. The fourth-order valence-corrected chi connectivity index (χ4v) is 4.02. The largest absolute Gasteiger partial charge is 0.344 e. The number of allylic oxidation sites excluding steroid dienone is 2. The molecular weight excluding hydrogens is 227 g/mol. The monoisotopic (exact) mass is 246 g/mol. The van der Waals surface area contributed by atoms with E-state index in [1.54, 1.807) is 13.8 Å². The van der Waals surface area contributed by atoms with Crippen molar-refractivity contribution in [2.45, 2.75) is 38.3 Å². The third-order valence-electron chi connectivity index (χ3n) is 2.74. The van der Waals surface area contributed by atoms with Crippen LogP contribution < -0.4 is 0 Å². The van der Waals surface area contributed by atoms with Crippen LogP contribution in [0.4, 0.5) is 0 Å². The average molecular weight is 246 g/mol. The Morgan fingerprint density at radius 1 is 1.31 bits per heavy atom. The van der Waals surface area contributed by atoms with Crippen LogP contribution in [0.25, 0.3) is 0 Å². The van der Waals surface area contributed by atoms with Crippen LogP contribution in [0, 0.1) is 0 Å². The van der Waals surface area contributed by atoms with Gasteiger partial charge in [-0.05, 0) is 33.1 Å². The quantitative estimate of drug-likeness (QED) is 0.411. The Balaban J connectivity index is 3.01. The van der Waals surface area contributed by atoms with Crippen LogP contribution in [0.3, 0.4) is 0 Å². The maximum absolute atomic E-state index is 12.6. The minimum absolute atomic E-state index is 0.288. The van der Waals surface area contributed by atoms with E-state index in [4.69, 9.17) is 9.05 Å². The second kappa shape index (κ2) is 5.76. The molecule has 1 rings (SSSR count). The first kappa shape index (κ1) is 13.6. The normalized spacial score (nSPS) is 25.6. The van der Waals surface area contributed by atoms with Crippen molar-refractivity contribution < 1.29 is 18.4 Å². The van der Waals surface area contributed by atoms with Crippen molar-refractivity contribution in [1.29, 1.82) is 0 Å². The smallest absolute Gasteiger partial charge is 0.308 e. The van der Waals surface area contributed by atoms with Crippen molar-refractivity contribution in [2.75, 3.05) is 13.2 Å². The SMILES string of the molecule is CCOP(=O)(OCC)C1(C=O)CC=CCC1. The second-order valence-electron chi connectivity index (χ2n) is 3.77. The summed E-state index contributed by atoms with van der Waals surface area (Å²) in [5, 5.41) is -0.978. The van der Waals surface area contributed by atoms with Crippen molar-refractivity contribution in [1.82, 2.24) is 0 Å². The van der Waals surface area contributed by atoms with Crippen LogP contribution in [0.15, 0.2) is 12.2 Å². The minimum Gasteiger partial charge on any atom is -0.308 e. The molecule has 0 spiro atoms. The summed E-state index contributed by atoms with van der Waals surface area (Å²) in [6.45, 7) is 4.08. The molecule has 0 amide bonds. The van der Waals surface area contributed by atoms with Crippen LogP contribution in [-0.2, 0) is 18.4 Å². The van der Waals surface area contributed by atoms with E-state index in [0.29, 0.717) is 12.8 Å². The molecule has 0 aromatic rings. The molecule has 0 saturated carbocycles. The summed E-state index contributed by atoms with van der Waals surface area (Å²) in [5.74, 6) is 0. The Morgan fingerprint density at radius 3 is 2.31 bits per heavy atom. The molecule has 1 atom stereocenters. The van der Waals surface area contributed by atoms with E-state index in [1.165, 1.54) is 0 Å². The molecule has 0 aromatic carbocycles. The fourth-order valence-electron chi connectivity index (χ4n) is 1.90. The van der Waals surface area contributed by atoms with Gasteiger partial charge in [-0.1, -0.05) is 12.2 Å². The molecule has 0 N–H and O–H groups in total. The number of carbonyl (C=O) groups excluding carboxylic acids is 1. The Morgan fingerprint density at radius 2 is 1.94 bits per heavy atom. The Labute approximate surface area is 96.5 Å². The lowest BCUT2D eigenvalue weighted by atomic mass is 9.95. The lowest BCUT2D eigenvalue weighted by Gasteiger charge is -2.35. The van der Waals surface area contributed by atoms with E-state index >= 15 is 0 Å². The summed E-state index contributed by atoms with van der Waals surface area (Å²) in [6.07, 6.45) is 6.33. The fraction of sp³-hybridized carbons (Fsp3) is 0.727. The van der Waals surface area contributed by atoms with Crippen LogP contribution in [0.2, 0.25) is 0 Å². The molecule has 0 heterocycles. The van der Waals surface area contributed by atoms with Crippen molar-refractivity contribution in [3.05, 3.63) is 12.2 Å². The average Bonchev–Trinajstić information content (AvgIpc) is 2.30. The van der Waals surface area contributed by atoms with E-state index in [0.717, 1.165) is 12.7 Å². The highest BCUT2D eigenvalue weighted by Gasteiger charge is 2.50. The lowest BCUT2D eigenvalue weighted by molar-refractivity contribution is -0.110. The van der Waals surface area contributed by atoms with Crippen molar-refractivity contribution in [3.8, 4) is 0 Å². The predicted octanol–water partition coefficient (Wildman–Crippen LogP) is 2.93. The van der Waals surface area contributed by atoms with Gasteiger partial charge in [-0.2, -0.15) is 0 Å². The first-order valence-corrected chi connectivity index (χ1v) is 7.19. The summed E-state index contributed by atoms with van der Waals surface area (Å²) in [4.78, 5) is 11.3. The number of rotatable bonds is 6. The summed E-state index contributed by atoms with van der Waals surface area (Å²) < 4.78 is 23.2. The maximum atomic E-state index is 12.6. The number of carbonyl (C=O) groups is 1. The van der Waals surface area contributed by atoms with Gasteiger partial charge in [0.2, 0.25) is 0 Å². The zero-order valence-corrected chi connectivity index (χ0v) is 10.7. The molecule has 1 aliphatic rings. The maximum Gasteiger partial charge on any atom is 0.344 e. The van der Waals surface area contributed by atoms with E-state index in [1.807, 2.05) is 12.2 Å². The van der Waals surface area contributed by atoms with E-state index in [-0.39, 0.29) is 13.2 Å². The van der Waals surface area contributed by atoms with Gasteiger partial charge in [0.05, 0.1) is 13.2 Å². The van der Waals surface area contributed by atoms with Crippen molar-refractivity contribution >= 4 is 13.9 Å². The number of hydrogen-bond acceptors (Lipinski definition) is 4. The van der Waals surface area contributed by atoms with Gasteiger partial charge in [-0.15, -0.1) is 0 Å². The van der Waals surface area contributed by atoms with Gasteiger partial charge >= 0.3 is 7.60 Å². The van der Waals surface area contributed by atoms with Gasteiger partial charge in [0.1, 0.15) is 11.4 Å². The topological polar surface area (TPSA) is 52.6 Å². The molecule has 0 fully saturated rings. The Bertz CT molecular complexity index is 303. The molecule has 4 nitrogen and oxygen atoms in total. The lowest BCUT2D eigenvalue weighted by Crippen LogP contribution is -2.33. The molecule has 1 unspecified atom stereocenters. The number of aldehydes is 1. The molecule has 5 heteroatoms. The van der Waals surface area contributed by atoms with E-state index < -0.39 is 12.8 Å². The Kier molecular flexibility index (Phi) is 4.90. The van der Waals surface area contributed by atoms with Gasteiger partial charge in [-0.3, -0.25) is 4.57 Å².